The minimum absolute atomic E-state index is 0.0643. The quantitative estimate of drug-likeness (QED) is 0.667. The Morgan fingerprint density at radius 1 is 1.21 bits per heavy atom. The number of rotatable bonds is 6. The summed E-state index contributed by atoms with van der Waals surface area (Å²) in [7, 11) is 3.84. The van der Waals surface area contributed by atoms with Crippen LogP contribution in [0.2, 0.25) is 0 Å². The van der Waals surface area contributed by atoms with E-state index in [9.17, 15) is 9.59 Å². The van der Waals surface area contributed by atoms with Crippen molar-refractivity contribution in [2.75, 3.05) is 19.4 Å². The number of anilines is 1. The minimum atomic E-state index is -0.241. The number of hydrogen-bond donors (Lipinski definition) is 1. The van der Waals surface area contributed by atoms with Crippen molar-refractivity contribution < 1.29 is 4.79 Å². The van der Waals surface area contributed by atoms with E-state index in [-0.39, 0.29) is 18.0 Å². The zero-order valence-electron chi connectivity index (χ0n) is 17.9. The van der Waals surface area contributed by atoms with Gasteiger partial charge in [0.1, 0.15) is 17.2 Å². The summed E-state index contributed by atoms with van der Waals surface area (Å²) < 4.78 is 1.50. The van der Waals surface area contributed by atoms with Crippen LogP contribution in [0.4, 0.5) is 5.69 Å². The zero-order chi connectivity index (χ0) is 21.3. The van der Waals surface area contributed by atoms with Gasteiger partial charge in [0.2, 0.25) is 5.91 Å². The van der Waals surface area contributed by atoms with Crippen molar-refractivity contribution in [3.63, 3.8) is 0 Å². The molecule has 7 heteroatoms. The summed E-state index contributed by atoms with van der Waals surface area (Å²) in [4.78, 5) is 34.4. The highest BCUT2D eigenvalue weighted by Gasteiger charge is 2.18. The van der Waals surface area contributed by atoms with E-state index in [0.29, 0.717) is 23.7 Å². The molecule has 0 saturated heterocycles. The number of aromatic nitrogens is 2. The number of amides is 1. The van der Waals surface area contributed by atoms with Crippen molar-refractivity contribution in [3.05, 3.63) is 56.4 Å². The number of benzene rings is 1. The second-order valence-electron chi connectivity index (χ2n) is 7.95. The van der Waals surface area contributed by atoms with Crippen molar-refractivity contribution in [2.45, 2.75) is 46.7 Å². The van der Waals surface area contributed by atoms with E-state index in [2.05, 4.69) is 19.2 Å². The van der Waals surface area contributed by atoms with Gasteiger partial charge in [0.05, 0.1) is 11.9 Å². The highest BCUT2D eigenvalue weighted by Crippen LogP contribution is 2.26. The maximum absolute atomic E-state index is 13.2. The molecule has 0 aliphatic heterocycles. The molecular weight excluding hydrogens is 384 g/mol. The standard InChI is InChI=1S/C22H28N4O2S/c1-13(2)16-7-9-17(10-8-16)23-19(27)12-26-18(11-25(5)6)24-21-20(22(26)28)14(3)15(4)29-21/h7-10,13H,11-12H2,1-6H3,(H,23,27). The Labute approximate surface area is 175 Å². The SMILES string of the molecule is Cc1sc2nc(CN(C)C)n(CC(=O)Nc3ccc(C(C)C)cc3)c(=O)c2c1C. The molecule has 1 amide bonds. The lowest BCUT2D eigenvalue weighted by molar-refractivity contribution is -0.116. The highest BCUT2D eigenvalue weighted by molar-refractivity contribution is 7.18. The molecule has 154 valence electrons. The van der Waals surface area contributed by atoms with Crippen LogP contribution in [-0.4, -0.2) is 34.5 Å². The molecule has 0 spiro atoms. The lowest BCUT2D eigenvalue weighted by Gasteiger charge is -2.16. The second-order valence-corrected chi connectivity index (χ2v) is 9.15. The fourth-order valence-electron chi connectivity index (χ4n) is 3.23. The van der Waals surface area contributed by atoms with E-state index in [1.165, 1.54) is 21.5 Å². The minimum Gasteiger partial charge on any atom is -0.325 e. The van der Waals surface area contributed by atoms with E-state index in [1.807, 2.05) is 57.1 Å². The number of aryl methyl sites for hydroxylation is 2. The molecule has 0 atom stereocenters. The molecule has 29 heavy (non-hydrogen) atoms. The normalized spacial score (nSPS) is 11.6. The van der Waals surface area contributed by atoms with Gasteiger partial charge < -0.3 is 10.2 Å². The van der Waals surface area contributed by atoms with Crippen LogP contribution in [0.5, 0.6) is 0 Å². The van der Waals surface area contributed by atoms with Crippen LogP contribution in [0, 0.1) is 13.8 Å². The number of fused-ring (bicyclic) bond motifs is 1. The van der Waals surface area contributed by atoms with Crippen LogP contribution in [0.15, 0.2) is 29.1 Å². The monoisotopic (exact) mass is 412 g/mol. The number of nitrogens with one attached hydrogen (secondary N) is 1. The first-order valence-electron chi connectivity index (χ1n) is 9.71. The predicted octanol–water partition coefficient (Wildman–Crippen LogP) is 3.90. The molecule has 0 aliphatic rings. The molecule has 0 radical (unpaired) electrons. The van der Waals surface area contributed by atoms with Gasteiger partial charge in [-0.25, -0.2) is 4.98 Å². The van der Waals surface area contributed by atoms with Crippen molar-refractivity contribution in [1.82, 2.24) is 14.5 Å². The molecule has 2 aromatic heterocycles. The van der Waals surface area contributed by atoms with Gasteiger partial charge >= 0.3 is 0 Å². The van der Waals surface area contributed by atoms with E-state index in [1.54, 1.807) is 0 Å². The van der Waals surface area contributed by atoms with Gasteiger partial charge in [-0.15, -0.1) is 11.3 Å². The summed E-state index contributed by atoms with van der Waals surface area (Å²) in [5.74, 6) is 0.788. The van der Waals surface area contributed by atoms with Crippen LogP contribution in [-0.2, 0) is 17.9 Å². The molecule has 6 nitrogen and oxygen atoms in total. The lowest BCUT2D eigenvalue weighted by Crippen LogP contribution is -2.32. The number of carbonyl (C=O) groups excluding carboxylic acids is 1. The van der Waals surface area contributed by atoms with E-state index < -0.39 is 0 Å². The molecule has 0 aliphatic carbocycles. The van der Waals surface area contributed by atoms with Crippen molar-refractivity contribution in [1.29, 1.82) is 0 Å². The van der Waals surface area contributed by atoms with Crippen LogP contribution in [0.3, 0.4) is 0 Å². The number of carbonyl (C=O) groups is 1. The third-order valence-electron chi connectivity index (χ3n) is 4.99. The molecule has 0 fully saturated rings. The van der Waals surface area contributed by atoms with E-state index in [0.717, 1.165) is 21.0 Å². The molecule has 0 unspecified atom stereocenters. The summed E-state index contributed by atoms with van der Waals surface area (Å²) in [6.07, 6.45) is 0. The maximum atomic E-state index is 13.2. The molecule has 1 aromatic carbocycles. The summed E-state index contributed by atoms with van der Waals surface area (Å²) in [6, 6.07) is 7.80. The Hall–Kier alpha value is -2.51. The summed E-state index contributed by atoms with van der Waals surface area (Å²) >= 11 is 1.52. The Morgan fingerprint density at radius 2 is 1.86 bits per heavy atom. The summed E-state index contributed by atoms with van der Waals surface area (Å²) in [5, 5.41) is 3.51. The molecule has 1 N–H and O–H groups in total. The second kappa shape index (κ2) is 8.47. The van der Waals surface area contributed by atoms with Crippen LogP contribution in [0.1, 0.15) is 41.6 Å². The highest BCUT2D eigenvalue weighted by atomic mass is 32.1. The van der Waals surface area contributed by atoms with E-state index >= 15 is 0 Å². The van der Waals surface area contributed by atoms with Crippen LogP contribution >= 0.6 is 11.3 Å². The first-order chi connectivity index (χ1) is 13.7. The average Bonchev–Trinajstić information content (AvgIpc) is 2.92. The zero-order valence-corrected chi connectivity index (χ0v) is 18.7. The van der Waals surface area contributed by atoms with E-state index in [4.69, 9.17) is 4.98 Å². The van der Waals surface area contributed by atoms with Crippen LogP contribution in [0.25, 0.3) is 10.2 Å². The molecular formula is C22H28N4O2S. The third-order valence-corrected chi connectivity index (χ3v) is 6.09. The predicted molar refractivity (Wildman–Crippen MR) is 120 cm³/mol. The first kappa shape index (κ1) is 21.2. The Bertz CT molecular complexity index is 1090. The first-order valence-corrected chi connectivity index (χ1v) is 10.5. The van der Waals surface area contributed by atoms with Crippen LogP contribution < -0.4 is 10.9 Å². The molecule has 2 heterocycles. The molecule has 0 bridgehead atoms. The van der Waals surface area contributed by atoms with Gasteiger partial charge in [-0.1, -0.05) is 26.0 Å². The van der Waals surface area contributed by atoms with Gasteiger partial charge in [0.25, 0.3) is 5.56 Å². The van der Waals surface area contributed by atoms with Gasteiger partial charge in [-0.05, 0) is 57.1 Å². The number of nitrogens with zero attached hydrogens (tertiary/aromatic N) is 3. The topological polar surface area (TPSA) is 67.2 Å². The number of thiophene rings is 1. The number of hydrogen-bond acceptors (Lipinski definition) is 5. The lowest BCUT2D eigenvalue weighted by atomic mass is 10.0. The molecule has 3 aromatic rings. The largest absolute Gasteiger partial charge is 0.325 e. The average molecular weight is 413 g/mol. The van der Waals surface area contributed by atoms with Crippen molar-refractivity contribution in [3.8, 4) is 0 Å². The third kappa shape index (κ3) is 4.57. The Morgan fingerprint density at radius 3 is 2.45 bits per heavy atom. The fourth-order valence-corrected chi connectivity index (χ4v) is 4.27. The molecule has 3 rings (SSSR count). The fraction of sp³-hybridized carbons (Fsp3) is 0.409. The van der Waals surface area contributed by atoms with Gasteiger partial charge in [0.15, 0.2) is 0 Å². The Balaban J connectivity index is 1.92. The maximum Gasteiger partial charge on any atom is 0.263 e. The van der Waals surface area contributed by atoms with Gasteiger partial charge in [-0.3, -0.25) is 14.2 Å². The summed E-state index contributed by atoms with van der Waals surface area (Å²) in [5.41, 5.74) is 2.72. The Kier molecular flexibility index (Phi) is 6.19. The molecule has 0 saturated carbocycles. The van der Waals surface area contributed by atoms with Gasteiger partial charge in [0, 0.05) is 10.6 Å². The smallest absolute Gasteiger partial charge is 0.263 e. The van der Waals surface area contributed by atoms with Crippen molar-refractivity contribution in [2.24, 2.45) is 0 Å². The summed E-state index contributed by atoms with van der Waals surface area (Å²) in [6.45, 7) is 8.60. The van der Waals surface area contributed by atoms with Gasteiger partial charge in [-0.2, -0.15) is 0 Å². The van der Waals surface area contributed by atoms with Crippen molar-refractivity contribution >= 4 is 33.1 Å².